The molecular formula is C28H38N6. The molecule has 0 bridgehead atoms. The summed E-state index contributed by atoms with van der Waals surface area (Å²) in [4.78, 5) is 15.1. The second-order valence-corrected chi connectivity index (χ2v) is 10.6. The Morgan fingerprint density at radius 3 is 2.53 bits per heavy atom. The molecule has 6 heteroatoms. The lowest BCUT2D eigenvalue weighted by molar-refractivity contribution is 0.161. The SMILES string of the molecule is CCCc1cc(N2CCC[C@@H](N(CC3CC3)CC3CC3)C2)nc(Nc2ccc(C)c(C#N)c2)n1. The minimum Gasteiger partial charge on any atom is -0.355 e. The number of hydrogen-bond acceptors (Lipinski definition) is 6. The molecule has 180 valence electrons. The van der Waals surface area contributed by atoms with Crippen molar-refractivity contribution in [3.05, 3.63) is 41.1 Å². The molecule has 2 aromatic rings. The molecule has 2 aliphatic carbocycles. The Hall–Kier alpha value is -2.65. The number of nitrogens with zero attached hydrogens (tertiary/aromatic N) is 5. The van der Waals surface area contributed by atoms with Gasteiger partial charge in [-0.15, -0.1) is 0 Å². The lowest BCUT2D eigenvalue weighted by Gasteiger charge is -2.40. The lowest BCUT2D eigenvalue weighted by atomic mass is 10.0. The maximum atomic E-state index is 9.40. The van der Waals surface area contributed by atoms with Crippen LogP contribution < -0.4 is 10.2 Å². The van der Waals surface area contributed by atoms with Crippen molar-refractivity contribution >= 4 is 17.5 Å². The topological polar surface area (TPSA) is 68.1 Å². The fourth-order valence-corrected chi connectivity index (χ4v) is 5.13. The Kier molecular flexibility index (Phi) is 7.01. The molecular weight excluding hydrogens is 420 g/mol. The maximum absolute atomic E-state index is 9.40. The molecule has 0 spiro atoms. The van der Waals surface area contributed by atoms with Crippen LogP contribution in [0.4, 0.5) is 17.5 Å². The number of hydrogen-bond donors (Lipinski definition) is 1. The Balaban J connectivity index is 1.35. The highest BCUT2D eigenvalue weighted by molar-refractivity contribution is 5.59. The van der Waals surface area contributed by atoms with Crippen LogP contribution in [-0.2, 0) is 6.42 Å². The molecule has 3 fully saturated rings. The summed E-state index contributed by atoms with van der Waals surface area (Å²) in [7, 11) is 0. The molecule has 1 N–H and O–H groups in total. The van der Waals surface area contributed by atoms with E-state index in [2.05, 4.69) is 34.2 Å². The first-order valence-corrected chi connectivity index (χ1v) is 13.3. The average molecular weight is 459 g/mol. The van der Waals surface area contributed by atoms with E-state index in [1.54, 1.807) is 0 Å². The van der Waals surface area contributed by atoms with Crippen LogP contribution in [-0.4, -0.2) is 47.1 Å². The van der Waals surface area contributed by atoms with Crippen molar-refractivity contribution in [2.75, 3.05) is 36.4 Å². The van der Waals surface area contributed by atoms with E-state index in [-0.39, 0.29) is 0 Å². The first kappa shape index (κ1) is 23.1. The van der Waals surface area contributed by atoms with E-state index < -0.39 is 0 Å². The number of aromatic nitrogens is 2. The summed E-state index contributed by atoms with van der Waals surface area (Å²) in [5.41, 5.74) is 3.60. The Bertz CT molecular complexity index is 1020. The van der Waals surface area contributed by atoms with Gasteiger partial charge in [-0.25, -0.2) is 4.98 Å². The molecule has 1 aliphatic heterocycles. The molecule has 3 aliphatic rings. The first-order chi connectivity index (χ1) is 16.6. The summed E-state index contributed by atoms with van der Waals surface area (Å²) in [5.74, 6) is 3.54. The third-order valence-corrected chi connectivity index (χ3v) is 7.50. The van der Waals surface area contributed by atoms with Crippen molar-refractivity contribution in [2.45, 2.75) is 71.3 Å². The van der Waals surface area contributed by atoms with Crippen LogP contribution in [0.2, 0.25) is 0 Å². The summed E-state index contributed by atoms with van der Waals surface area (Å²) in [6, 6.07) is 11.0. The van der Waals surface area contributed by atoms with Crippen LogP contribution >= 0.6 is 0 Å². The maximum Gasteiger partial charge on any atom is 0.229 e. The minimum absolute atomic E-state index is 0.628. The summed E-state index contributed by atoms with van der Waals surface area (Å²) in [6.45, 7) is 8.86. The zero-order chi connectivity index (χ0) is 23.5. The molecule has 0 amide bonds. The van der Waals surface area contributed by atoms with Gasteiger partial charge in [0.1, 0.15) is 5.82 Å². The van der Waals surface area contributed by atoms with E-state index in [4.69, 9.17) is 9.97 Å². The monoisotopic (exact) mass is 458 g/mol. The van der Waals surface area contributed by atoms with Gasteiger partial charge in [0.2, 0.25) is 5.95 Å². The van der Waals surface area contributed by atoms with Crippen LogP contribution in [0, 0.1) is 30.1 Å². The highest BCUT2D eigenvalue weighted by Gasteiger charge is 2.34. The zero-order valence-corrected chi connectivity index (χ0v) is 20.8. The number of benzene rings is 1. The van der Waals surface area contributed by atoms with E-state index in [9.17, 15) is 5.26 Å². The third-order valence-electron chi connectivity index (χ3n) is 7.50. The van der Waals surface area contributed by atoms with E-state index in [0.717, 1.165) is 60.5 Å². The lowest BCUT2D eigenvalue weighted by Crippen LogP contribution is -2.49. The number of aryl methyl sites for hydroxylation is 2. The van der Waals surface area contributed by atoms with Crippen molar-refractivity contribution in [3.63, 3.8) is 0 Å². The standard InChI is InChI=1S/C28H38N6/c1-3-5-24-15-27(32-28(30-24)31-25-12-7-20(2)23(14-25)16-29)33-13-4-6-26(19-33)34(17-21-8-9-21)18-22-10-11-22/h7,12,14-15,21-22,26H,3-6,8-11,13,17-19H2,1-2H3,(H,30,31,32)/t26-/m1/s1. The van der Waals surface area contributed by atoms with Crippen LogP contribution in [0.5, 0.6) is 0 Å². The molecule has 1 atom stereocenters. The van der Waals surface area contributed by atoms with Crippen LogP contribution in [0.15, 0.2) is 24.3 Å². The van der Waals surface area contributed by atoms with Crippen LogP contribution in [0.3, 0.4) is 0 Å². The van der Waals surface area contributed by atoms with Gasteiger partial charge in [-0.2, -0.15) is 10.2 Å². The number of piperidine rings is 1. The van der Waals surface area contributed by atoms with Gasteiger partial charge < -0.3 is 10.2 Å². The second-order valence-electron chi connectivity index (χ2n) is 10.6. The van der Waals surface area contributed by atoms with E-state index in [1.807, 2.05) is 25.1 Å². The Morgan fingerprint density at radius 2 is 1.85 bits per heavy atom. The summed E-state index contributed by atoms with van der Waals surface area (Å²) in [6.07, 6.45) is 10.2. The summed E-state index contributed by atoms with van der Waals surface area (Å²) in [5, 5.41) is 12.8. The zero-order valence-electron chi connectivity index (χ0n) is 20.8. The molecule has 0 radical (unpaired) electrons. The number of rotatable bonds is 10. The number of anilines is 3. The highest BCUT2D eigenvalue weighted by Crippen LogP contribution is 2.36. The molecule has 5 rings (SSSR count). The van der Waals surface area contributed by atoms with Gasteiger partial charge in [0.05, 0.1) is 11.6 Å². The van der Waals surface area contributed by atoms with Gasteiger partial charge in [-0.05, 0) is 81.4 Å². The third kappa shape index (κ3) is 5.88. The fourth-order valence-electron chi connectivity index (χ4n) is 5.13. The van der Waals surface area contributed by atoms with E-state index in [0.29, 0.717) is 17.6 Å². The highest BCUT2D eigenvalue weighted by atomic mass is 15.3. The number of nitrogens with one attached hydrogen (secondary N) is 1. The molecule has 1 saturated heterocycles. The van der Waals surface area contributed by atoms with Crippen molar-refractivity contribution in [3.8, 4) is 6.07 Å². The predicted octanol–water partition coefficient (Wildman–Crippen LogP) is 5.44. The Morgan fingerprint density at radius 1 is 1.09 bits per heavy atom. The minimum atomic E-state index is 0.628. The molecule has 2 saturated carbocycles. The molecule has 2 heterocycles. The normalized spacial score (nSPS) is 20.4. The predicted molar refractivity (Wildman–Crippen MR) is 137 cm³/mol. The van der Waals surface area contributed by atoms with E-state index in [1.165, 1.54) is 51.6 Å². The molecule has 34 heavy (non-hydrogen) atoms. The molecule has 6 nitrogen and oxygen atoms in total. The summed E-state index contributed by atoms with van der Waals surface area (Å²) < 4.78 is 0. The molecule has 1 aromatic carbocycles. The smallest absolute Gasteiger partial charge is 0.229 e. The van der Waals surface area contributed by atoms with Gasteiger partial charge >= 0.3 is 0 Å². The molecule has 1 aromatic heterocycles. The largest absolute Gasteiger partial charge is 0.355 e. The number of nitriles is 1. The van der Waals surface area contributed by atoms with Gasteiger partial charge in [0.25, 0.3) is 0 Å². The van der Waals surface area contributed by atoms with Crippen LogP contribution in [0.1, 0.15) is 68.7 Å². The van der Waals surface area contributed by atoms with Gasteiger partial charge in [-0.3, -0.25) is 4.90 Å². The fraction of sp³-hybridized carbons (Fsp3) is 0.607. The van der Waals surface area contributed by atoms with E-state index >= 15 is 0 Å². The van der Waals surface area contributed by atoms with Gasteiger partial charge in [-0.1, -0.05) is 19.4 Å². The Labute approximate surface area is 204 Å². The second kappa shape index (κ2) is 10.3. The quantitative estimate of drug-likeness (QED) is 0.511. The summed E-state index contributed by atoms with van der Waals surface area (Å²) >= 11 is 0. The van der Waals surface area contributed by atoms with Crippen molar-refractivity contribution in [2.24, 2.45) is 11.8 Å². The van der Waals surface area contributed by atoms with Crippen molar-refractivity contribution in [1.29, 1.82) is 5.26 Å². The van der Waals surface area contributed by atoms with Gasteiger partial charge in [0, 0.05) is 49.7 Å². The van der Waals surface area contributed by atoms with Crippen LogP contribution in [0.25, 0.3) is 0 Å². The average Bonchev–Trinajstić information content (AvgIpc) is 3.77. The van der Waals surface area contributed by atoms with Gasteiger partial charge in [0.15, 0.2) is 0 Å². The van der Waals surface area contributed by atoms with Crippen molar-refractivity contribution in [1.82, 2.24) is 14.9 Å². The first-order valence-electron chi connectivity index (χ1n) is 13.3. The molecule has 0 unspecified atom stereocenters. The van der Waals surface area contributed by atoms with Crippen molar-refractivity contribution < 1.29 is 0 Å².